The van der Waals surface area contributed by atoms with Crippen molar-refractivity contribution in [2.24, 2.45) is 10.2 Å². The van der Waals surface area contributed by atoms with Gasteiger partial charge in [0.2, 0.25) is 0 Å². The van der Waals surface area contributed by atoms with Crippen LogP contribution in [0.25, 0.3) is 67.1 Å². The Morgan fingerprint density at radius 3 is 2.05 bits per heavy atom. The Kier molecular flexibility index (Phi) is 8.09. The molecule has 0 aliphatic rings. The van der Waals surface area contributed by atoms with Gasteiger partial charge in [-0.2, -0.15) is 31.9 Å². The molecule has 16 nitrogen and oxygen atoms in total. The van der Waals surface area contributed by atoms with Crippen molar-refractivity contribution in [3.05, 3.63) is 139 Å². The number of ether oxygens (including phenoxy) is 2. The smallest absolute Gasteiger partial charge is 0.295 e. The zero-order valence-corrected chi connectivity index (χ0v) is 33.6. The van der Waals surface area contributed by atoms with Gasteiger partial charge in [-0.3, -0.25) is 9.11 Å². The van der Waals surface area contributed by atoms with E-state index in [1.54, 1.807) is 49.6 Å². The van der Waals surface area contributed by atoms with Crippen LogP contribution in [0.4, 0.5) is 11.4 Å². The second kappa shape index (κ2) is 13.4. The number of hydrogen-bond donors (Lipinski definition) is 2. The topological polar surface area (TPSA) is 179 Å². The van der Waals surface area contributed by atoms with Gasteiger partial charge in [0.25, 0.3) is 20.2 Å². The van der Waals surface area contributed by atoms with Crippen molar-refractivity contribution in [1.29, 1.82) is 0 Å². The van der Waals surface area contributed by atoms with E-state index in [2.05, 4.69) is 22.4 Å². The maximum atomic E-state index is 12.6. The van der Waals surface area contributed by atoms with Crippen LogP contribution in [0, 0.1) is 0 Å². The highest BCUT2D eigenvalue weighted by molar-refractivity contribution is 7.86. The van der Waals surface area contributed by atoms with E-state index < -0.39 is 20.2 Å². The van der Waals surface area contributed by atoms with Crippen LogP contribution in [0.15, 0.2) is 147 Å². The van der Waals surface area contributed by atoms with E-state index in [0.717, 1.165) is 49.5 Å². The van der Waals surface area contributed by atoms with Gasteiger partial charge in [-0.25, -0.2) is 0 Å². The van der Waals surface area contributed by atoms with E-state index in [1.165, 1.54) is 18.2 Å². The molecule has 0 amide bonds. The molecule has 0 aliphatic heterocycles. The van der Waals surface area contributed by atoms with Crippen LogP contribution in [-0.2, 0) is 25.0 Å². The van der Waals surface area contributed by atoms with Crippen molar-refractivity contribution in [3.8, 4) is 17.1 Å². The molecule has 0 radical (unpaired) electrons. The third-order valence-corrected chi connectivity index (χ3v) is 12.6. The summed E-state index contributed by atoms with van der Waals surface area (Å²) in [5, 5.41) is 12.6. The zero-order valence-electron chi connectivity index (χ0n) is 31.9. The molecule has 0 bridgehead atoms. The minimum absolute atomic E-state index is 0.170. The van der Waals surface area contributed by atoms with Gasteiger partial charge in [0.05, 0.1) is 28.6 Å². The van der Waals surface area contributed by atoms with Gasteiger partial charge in [-0.1, -0.05) is 72.8 Å². The van der Waals surface area contributed by atoms with Crippen LogP contribution in [0.1, 0.15) is 11.1 Å². The zero-order chi connectivity index (χ0) is 41.8. The van der Waals surface area contributed by atoms with E-state index in [1.807, 2.05) is 94.8 Å². The summed E-state index contributed by atoms with van der Waals surface area (Å²) in [6.45, 7) is 0.658. The Bertz CT molecular complexity index is 3790. The Labute approximate surface area is 345 Å². The highest BCUT2D eigenvalue weighted by Crippen LogP contribution is 2.38. The SMILES string of the molecule is COCCOc1cc(N=Nc2ccc(C=Cc3ccc(-n4n5c6ccc7ccccc7c6n45)cc3S(=O)(=O)O)cc2)ccc1-n1n2c3ccc4cc(S(=O)(=O)O)ccc4c3n12. The fraction of sp³-hybridized carbons (Fsp3) is 0.0698. The summed E-state index contributed by atoms with van der Waals surface area (Å²) in [4.78, 5) is 3.41. The maximum absolute atomic E-state index is 12.6. The van der Waals surface area contributed by atoms with Gasteiger partial charge in [-0.15, -0.1) is 23.3 Å². The van der Waals surface area contributed by atoms with Crippen molar-refractivity contribution in [2.75, 3.05) is 20.3 Å². The van der Waals surface area contributed by atoms with Crippen LogP contribution in [0.5, 0.6) is 5.75 Å². The number of hydrogen-bond acceptors (Lipinski definition) is 8. The van der Waals surface area contributed by atoms with Gasteiger partial charge in [0, 0.05) is 23.9 Å². The predicted molar refractivity (Wildman–Crippen MR) is 229 cm³/mol. The highest BCUT2D eigenvalue weighted by atomic mass is 32.2. The Balaban J connectivity index is 0.831. The third kappa shape index (κ3) is 6.07. The lowest BCUT2D eigenvalue weighted by atomic mass is 10.1. The minimum Gasteiger partial charge on any atom is -0.489 e. The Morgan fingerprint density at radius 2 is 1.30 bits per heavy atom. The van der Waals surface area contributed by atoms with E-state index in [9.17, 15) is 25.9 Å². The van der Waals surface area contributed by atoms with E-state index in [4.69, 9.17) is 9.47 Å². The average molecular weight is 853 g/mol. The van der Waals surface area contributed by atoms with Crippen LogP contribution in [0.2, 0.25) is 0 Å². The third-order valence-electron chi connectivity index (χ3n) is 10.8. The fourth-order valence-corrected chi connectivity index (χ4v) is 9.06. The van der Waals surface area contributed by atoms with Gasteiger partial charge in [0.15, 0.2) is 0 Å². The quantitative estimate of drug-likeness (QED) is 0.0531. The number of methoxy groups -OCH3 is 1. The molecule has 304 valence electrons. The average Bonchev–Trinajstić information content (AvgIpc) is 4.11. The number of aromatic nitrogens is 6. The molecular weight excluding hydrogens is 821 g/mol. The summed E-state index contributed by atoms with van der Waals surface area (Å²) in [5.41, 5.74) is 7.42. The predicted octanol–water partition coefficient (Wildman–Crippen LogP) is 8.57. The second-order valence-electron chi connectivity index (χ2n) is 14.5. The highest BCUT2D eigenvalue weighted by Gasteiger charge is 2.29. The first-order chi connectivity index (χ1) is 29.5. The molecule has 18 heteroatoms. The van der Waals surface area contributed by atoms with Crippen LogP contribution >= 0.6 is 0 Å². The van der Waals surface area contributed by atoms with Gasteiger partial charge in [0.1, 0.15) is 45.0 Å². The summed E-state index contributed by atoms with van der Waals surface area (Å²) in [5.74, 6) is 0.542. The van der Waals surface area contributed by atoms with Crippen LogP contribution < -0.4 is 4.74 Å². The fourth-order valence-electron chi connectivity index (χ4n) is 7.84. The molecule has 0 unspecified atom stereocenters. The first-order valence-electron chi connectivity index (χ1n) is 18.9. The monoisotopic (exact) mass is 852 g/mol. The second-order valence-corrected chi connectivity index (χ2v) is 17.3. The molecule has 4 heterocycles. The molecule has 7 aromatic carbocycles. The van der Waals surface area contributed by atoms with Crippen molar-refractivity contribution < 1.29 is 35.4 Å². The molecule has 2 N–H and O–H groups in total. The van der Waals surface area contributed by atoms with E-state index in [0.29, 0.717) is 47.0 Å². The summed E-state index contributed by atoms with van der Waals surface area (Å²) < 4.78 is 87.4. The molecule has 0 saturated carbocycles. The summed E-state index contributed by atoms with van der Waals surface area (Å²) in [6, 6.07) is 38.0. The number of azo groups is 1. The first-order valence-corrected chi connectivity index (χ1v) is 21.8. The van der Waals surface area contributed by atoms with Crippen LogP contribution in [-0.4, -0.2) is 74.4 Å². The molecule has 0 spiro atoms. The summed E-state index contributed by atoms with van der Waals surface area (Å²) in [7, 11) is -7.30. The van der Waals surface area contributed by atoms with Gasteiger partial charge in [-0.05, 0) is 82.6 Å². The number of nitrogens with zero attached hydrogens (tertiary/aromatic N) is 8. The number of fused-ring (bicyclic) bond motifs is 12. The van der Waals surface area contributed by atoms with Crippen molar-refractivity contribution in [2.45, 2.75) is 9.79 Å². The van der Waals surface area contributed by atoms with Gasteiger partial charge >= 0.3 is 0 Å². The lowest BCUT2D eigenvalue weighted by Gasteiger charge is -2.09. The van der Waals surface area contributed by atoms with Crippen molar-refractivity contribution in [1.82, 2.24) is 28.1 Å². The molecule has 0 atom stereocenters. The molecule has 11 aromatic rings. The molecule has 61 heavy (non-hydrogen) atoms. The Hall–Kier alpha value is -7.22. The lowest BCUT2D eigenvalue weighted by molar-refractivity contribution is 0.146. The van der Waals surface area contributed by atoms with Gasteiger partial charge < -0.3 is 9.47 Å². The summed E-state index contributed by atoms with van der Waals surface area (Å²) in [6.07, 6.45) is 3.40. The molecule has 0 saturated heterocycles. The maximum Gasteiger partial charge on any atom is 0.295 e. The Morgan fingerprint density at radius 1 is 0.607 bits per heavy atom. The molecule has 4 aromatic heterocycles. The van der Waals surface area contributed by atoms with Crippen molar-refractivity contribution >= 4 is 87.4 Å². The molecule has 0 aliphatic carbocycles. The molecule has 0 fully saturated rings. The molecule has 11 rings (SSSR count). The number of benzene rings is 7. The van der Waals surface area contributed by atoms with Crippen molar-refractivity contribution in [3.63, 3.8) is 0 Å². The van der Waals surface area contributed by atoms with E-state index >= 15 is 0 Å². The largest absolute Gasteiger partial charge is 0.489 e. The van der Waals surface area contributed by atoms with Crippen LogP contribution in [0.3, 0.4) is 0 Å². The normalized spacial score (nSPS) is 13.2. The van der Waals surface area contributed by atoms with E-state index in [-0.39, 0.29) is 9.79 Å². The minimum atomic E-state index is -4.55. The number of rotatable bonds is 12. The first kappa shape index (κ1) is 36.8. The lowest BCUT2D eigenvalue weighted by Crippen LogP contribution is -2.06. The molecular formula is C43H32N8O8S2. The standard InChI is InChI=1S/C43H32N8O8S2/c1-58-22-23-59-40-25-32(15-21-37(40)47-49-39-20-12-30-24-34(60(52,53)54)17-18-36(30)43(39)51(47)49)45-44-31-13-7-27(8-14-31)6-9-29-10-16-33(26-41(29)61(55,56)57)46-48-38-19-11-28-4-2-3-5-35(28)42(38)50(46)48/h2-21,24-26H,22-23H2,1H3,(H,52,53,54)(H,55,56,57). The summed E-state index contributed by atoms with van der Waals surface area (Å²) >= 11 is 0.